The Morgan fingerprint density at radius 1 is 1.21 bits per heavy atom. The minimum atomic E-state index is -1.05. The number of carbonyl (C=O) groups excluding carboxylic acids is 1. The van der Waals surface area contributed by atoms with Crippen LogP contribution in [0.4, 0.5) is 5.69 Å². The first kappa shape index (κ1) is 21.3. The number of carbonyl (C=O) groups is 2. The molecule has 0 saturated heterocycles. The lowest BCUT2D eigenvalue weighted by atomic mass is 9.91. The molecule has 29 heavy (non-hydrogen) atoms. The molecular weight excluding hydrogens is 456 g/mol. The molecule has 2 aromatic rings. The number of anilines is 1. The summed E-state index contributed by atoms with van der Waals surface area (Å²) in [6, 6.07) is 14.2. The molecule has 3 rings (SSSR count). The molecule has 0 fully saturated rings. The van der Waals surface area contributed by atoms with Gasteiger partial charge in [-0.3, -0.25) is 4.79 Å². The lowest BCUT2D eigenvalue weighted by Gasteiger charge is -2.15. The van der Waals surface area contributed by atoms with Gasteiger partial charge in [-0.2, -0.15) is 5.10 Å². The van der Waals surface area contributed by atoms with E-state index in [1.54, 1.807) is 42.5 Å². The first-order chi connectivity index (χ1) is 13.9. The van der Waals surface area contributed by atoms with Crippen molar-refractivity contribution in [3.8, 4) is 0 Å². The number of benzene rings is 2. The van der Waals surface area contributed by atoms with Gasteiger partial charge in [-0.15, -0.1) is 0 Å². The van der Waals surface area contributed by atoms with Crippen LogP contribution in [-0.2, 0) is 9.59 Å². The SMILES string of the molecule is CCCC1=NN(c2ccc(Br)cc2)C(=O)C1CC(=Cc1ccc(Cl)cc1)C(=O)O. The second-order valence-electron chi connectivity index (χ2n) is 6.75. The van der Waals surface area contributed by atoms with Crippen molar-refractivity contribution < 1.29 is 14.7 Å². The average molecular weight is 476 g/mol. The maximum absolute atomic E-state index is 13.1. The van der Waals surface area contributed by atoms with E-state index in [9.17, 15) is 14.7 Å². The van der Waals surface area contributed by atoms with Gasteiger partial charge in [0.15, 0.2) is 0 Å². The van der Waals surface area contributed by atoms with E-state index in [1.807, 2.05) is 19.1 Å². The van der Waals surface area contributed by atoms with Crippen LogP contribution in [0.3, 0.4) is 0 Å². The second kappa shape index (κ2) is 9.37. The van der Waals surface area contributed by atoms with Crippen LogP contribution in [0.15, 0.2) is 63.7 Å². The number of rotatable bonds is 7. The number of hydrogen-bond acceptors (Lipinski definition) is 3. The fraction of sp³-hybridized carbons (Fsp3) is 0.227. The molecule has 2 aromatic carbocycles. The Kier molecular flexibility index (Phi) is 6.87. The molecule has 1 aliphatic rings. The molecule has 1 atom stereocenters. The maximum atomic E-state index is 13.1. The van der Waals surface area contributed by atoms with Gasteiger partial charge in [-0.25, -0.2) is 9.80 Å². The lowest BCUT2D eigenvalue weighted by molar-refractivity contribution is -0.132. The third-order valence-electron chi connectivity index (χ3n) is 4.62. The monoisotopic (exact) mass is 474 g/mol. The van der Waals surface area contributed by atoms with Crippen LogP contribution in [0.1, 0.15) is 31.7 Å². The molecule has 150 valence electrons. The van der Waals surface area contributed by atoms with Crippen molar-refractivity contribution in [3.05, 3.63) is 69.2 Å². The Bertz CT molecular complexity index is 969. The van der Waals surface area contributed by atoms with Crippen LogP contribution in [0.25, 0.3) is 6.08 Å². The average Bonchev–Trinajstić information content (AvgIpc) is 2.99. The zero-order valence-electron chi connectivity index (χ0n) is 15.8. The van der Waals surface area contributed by atoms with Crippen LogP contribution in [0, 0.1) is 5.92 Å². The summed E-state index contributed by atoms with van der Waals surface area (Å²) >= 11 is 9.28. The number of nitrogens with zero attached hydrogens (tertiary/aromatic N) is 2. The summed E-state index contributed by atoms with van der Waals surface area (Å²) in [7, 11) is 0. The molecule has 0 spiro atoms. The summed E-state index contributed by atoms with van der Waals surface area (Å²) in [6.45, 7) is 2.01. The van der Waals surface area contributed by atoms with Gasteiger partial charge in [0.25, 0.3) is 5.91 Å². The van der Waals surface area contributed by atoms with Gasteiger partial charge >= 0.3 is 5.97 Å². The number of hydrazone groups is 1. The van der Waals surface area contributed by atoms with Gasteiger partial charge in [0.2, 0.25) is 0 Å². The molecule has 0 aromatic heterocycles. The van der Waals surface area contributed by atoms with E-state index in [0.717, 1.165) is 16.5 Å². The third-order valence-corrected chi connectivity index (χ3v) is 5.41. The van der Waals surface area contributed by atoms with Gasteiger partial charge in [0.05, 0.1) is 17.3 Å². The van der Waals surface area contributed by atoms with Crippen molar-refractivity contribution in [3.63, 3.8) is 0 Å². The molecule has 1 aliphatic heterocycles. The van der Waals surface area contributed by atoms with Gasteiger partial charge in [-0.1, -0.05) is 53.0 Å². The molecule has 0 radical (unpaired) electrons. The van der Waals surface area contributed by atoms with Crippen LogP contribution < -0.4 is 5.01 Å². The fourth-order valence-electron chi connectivity index (χ4n) is 3.18. The first-order valence-electron chi connectivity index (χ1n) is 9.25. The molecule has 1 unspecified atom stereocenters. The Morgan fingerprint density at radius 3 is 2.45 bits per heavy atom. The van der Waals surface area contributed by atoms with Crippen molar-refractivity contribution in [1.82, 2.24) is 0 Å². The predicted molar refractivity (Wildman–Crippen MR) is 119 cm³/mol. The van der Waals surface area contributed by atoms with E-state index in [0.29, 0.717) is 22.8 Å². The number of carboxylic acids is 1. The molecule has 7 heteroatoms. The van der Waals surface area contributed by atoms with Crippen LogP contribution in [0.5, 0.6) is 0 Å². The normalized spacial score (nSPS) is 16.9. The minimum Gasteiger partial charge on any atom is -0.478 e. The molecule has 1 heterocycles. The lowest BCUT2D eigenvalue weighted by Crippen LogP contribution is -2.28. The molecule has 1 N–H and O–H groups in total. The number of aliphatic carboxylic acids is 1. The predicted octanol–water partition coefficient (Wildman–Crippen LogP) is 5.78. The van der Waals surface area contributed by atoms with E-state index in [-0.39, 0.29) is 17.9 Å². The Balaban J connectivity index is 1.89. The molecule has 0 bridgehead atoms. The van der Waals surface area contributed by atoms with Gasteiger partial charge in [-0.05, 0) is 60.9 Å². The topological polar surface area (TPSA) is 70.0 Å². The quantitative estimate of drug-likeness (QED) is 0.516. The Labute approximate surface area is 182 Å². The largest absolute Gasteiger partial charge is 0.478 e. The Hall–Kier alpha value is -2.44. The van der Waals surface area contributed by atoms with E-state index in [2.05, 4.69) is 21.0 Å². The molecule has 5 nitrogen and oxygen atoms in total. The zero-order valence-corrected chi connectivity index (χ0v) is 18.2. The summed E-state index contributed by atoms with van der Waals surface area (Å²) in [5.41, 5.74) is 2.25. The number of halogens is 2. The highest BCUT2D eigenvalue weighted by atomic mass is 79.9. The van der Waals surface area contributed by atoms with Crippen molar-refractivity contribution >= 4 is 56.9 Å². The Morgan fingerprint density at radius 2 is 1.86 bits per heavy atom. The zero-order chi connectivity index (χ0) is 21.0. The van der Waals surface area contributed by atoms with Crippen molar-refractivity contribution in [2.45, 2.75) is 26.2 Å². The highest BCUT2D eigenvalue weighted by Gasteiger charge is 2.37. The van der Waals surface area contributed by atoms with E-state index in [1.165, 1.54) is 5.01 Å². The number of amides is 1. The number of hydrogen-bond donors (Lipinski definition) is 1. The summed E-state index contributed by atoms with van der Waals surface area (Å²) in [4.78, 5) is 24.9. The van der Waals surface area contributed by atoms with Crippen molar-refractivity contribution in [1.29, 1.82) is 0 Å². The standard InChI is InChI=1S/C22H20BrClN2O3/c1-2-3-20-19(21(27)26(25-20)18-10-6-16(23)7-11-18)13-15(22(28)29)12-14-4-8-17(24)9-5-14/h4-12,19H,2-3,13H2,1H3,(H,28,29). The van der Waals surface area contributed by atoms with E-state index in [4.69, 9.17) is 11.6 Å². The van der Waals surface area contributed by atoms with E-state index < -0.39 is 11.9 Å². The molecule has 0 aliphatic carbocycles. The van der Waals surface area contributed by atoms with Crippen LogP contribution in [0.2, 0.25) is 5.02 Å². The molecule has 0 saturated carbocycles. The fourth-order valence-corrected chi connectivity index (χ4v) is 3.57. The van der Waals surface area contributed by atoms with Crippen LogP contribution in [-0.4, -0.2) is 22.7 Å². The molecular formula is C22H20BrClN2O3. The highest BCUT2D eigenvalue weighted by Crippen LogP contribution is 2.31. The summed E-state index contributed by atoms with van der Waals surface area (Å²) < 4.78 is 0.904. The number of carboxylic acid groups (broad SMARTS) is 1. The van der Waals surface area contributed by atoms with Gasteiger partial charge in [0.1, 0.15) is 0 Å². The second-order valence-corrected chi connectivity index (χ2v) is 8.10. The molecule has 1 amide bonds. The summed E-state index contributed by atoms with van der Waals surface area (Å²) in [6.07, 6.45) is 3.12. The third kappa shape index (κ3) is 5.14. The first-order valence-corrected chi connectivity index (χ1v) is 10.4. The maximum Gasteiger partial charge on any atom is 0.331 e. The van der Waals surface area contributed by atoms with Crippen LogP contribution >= 0.6 is 27.5 Å². The van der Waals surface area contributed by atoms with Gasteiger partial charge < -0.3 is 5.11 Å². The van der Waals surface area contributed by atoms with E-state index >= 15 is 0 Å². The highest BCUT2D eigenvalue weighted by molar-refractivity contribution is 9.10. The van der Waals surface area contributed by atoms with Crippen molar-refractivity contribution in [2.75, 3.05) is 5.01 Å². The summed E-state index contributed by atoms with van der Waals surface area (Å²) in [5, 5.41) is 16.2. The summed E-state index contributed by atoms with van der Waals surface area (Å²) in [5.74, 6) is -1.85. The smallest absolute Gasteiger partial charge is 0.331 e. The van der Waals surface area contributed by atoms with Gasteiger partial charge in [0, 0.05) is 15.1 Å². The van der Waals surface area contributed by atoms with Crippen molar-refractivity contribution in [2.24, 2.45) is 11.0 Å². The minimum absolute atomic E-state index is 0.0860.